The summed E-state index contributed by atoms with van der Waals surface area (Å²) in [4.78, 5) is 2.44. The Morgan fingerprint density at radius 3 is 2.32 bits per heavy atom. The Morgan fingerprint density at radius 2 is 1.77 bits per heavy atom. The molecular weight excluding hydrogens is 343 g/mol. The second-order valence-electron chi connectivity index (χ2n) is 5.56. The van der Waals surface area contributed by atoms with E-state index in [2.05, 4.69) is 24.8 Å². The molecule has 1 aromatic rings. The second kappa shape index (κ2) is 7.32. The number of sulfonamides is 1. The first-order valence-corrected chi connectivity index (χ1v) is 9.31. The summed E-state index contributed by atoms with van der Waals surface area (Å²) in [5.41, 5.74) is 1.27. The molecule has 4 nitrogen and oxygen atoms in total. The summed E-state index contributed by atoms with van der Waals surface area (Å²) < 4.78 is 26.7. The molecule has 0 saturated carbocycles. The fourth-order valence-corrected chi connectivity index (χ4v) is 4.06. The van der Waals surface area contributed by atoms with Crippen LogP contribution in [0.3, 0.4) is 0 Å². The monoisotopic (exact) mass is 362 g/mol. The third-order valence-corrected chi connectivity index (χ3v) is 6.25. The summed E-state index contributed by atoms with van der Waals surface area (Å²) >= 11 is 11.8. The standard InChI is InChI=1S/C15H20Cl2N2O2S/c1-12(2)5-6-18-7-9-19(10-8-18)22(20,21)13-3-4-14(16)15(17)11-13/h3-5,11H,6-10H2,1-2H3. The lowest BCUT2D eigenvalue weighted by Crippen LogP contribution is -2.48. The number of halogens is 2. The summed E-state index contributed by atoms with van der Waals surface area (Å²) in [5.74, 6) is 0. The summed E-state index contributed by atoms with van der Waals surface area (Å²) in [6, 6.07) is 4.43. The lowest BCUT2D eigenvalue weighted by atomic mass is 10.3. The van der Waals surface area contributed by atoms with Crippen LogP contribution >= 0.6 is 23.2 Å². The van der Waals surface area contributed by atoms with E-state index < -0.39 is 10.0 Å². The zero-order chi connectivity index (χ0) is 16.3. The van der Waals surface area contributed by atoms with Crippen molar-refractivity contribution in [3.8, 4) is 0 Å². The van der Waals surface area contributed by atoms with E-state index in [4.69, 9.17) is 23.2 Å². The molecule has 0 unspecified atom stereocenters. The first kappa shape index (κ1) is 17.8. The Morgan fingerprint density at radius 1 is 1.14 bits per heavy atom. The Bertz CT molecular complexity index is 662. The highest BCUT2D eigenvalue weighted by molar-refractivity contribution is 7.89. The van der Waals surface area contributed by atoms with Gasteiger partial charge in [0.2, 0.25) is 10.0 Å². The molecule has 0 spiro atoms. The molecule has 1 saturated heterocycles. The molecule has 1 heterocycles. The number of hydrogen-bond donors (Lipinski definition) is 0. The molecule has 0 aliphatic carbocycles. The van der Waals surface area contributed by atoms with E-state index in [1.54, 1.807) is 0 Å². The van der Waals surface area contributed by atoms with Crippen LogP contribution in [0.25, 0.3) is 0 Å². The minimum atomic E-state index is -3.51. The van der Waals surface area contributed by atoms with Gasteiger partial charge in [-0.05, 0) is 32.0 Å². The van der Waals surface area contributed by atoms with Crippen molar-refractivity contribution in [3.63, 3.8) is 0 Å². The molecule has 0 N–H and O–H groups in total. The molecule has 1 aliphatic heterocycles. The molecule has 2 rings (SSSR count). The van der Waals surface area contributed by atoms with Gasteiger partial charge in [0.1, 0.15) is 0 Å². The number of rotatable bonds is 4. The maximum Gasteiger partial charge on any atom is 0.243 e. The van der Waals surface area contributed by atoms with Gasteiger partial charge in [0.15, 0.2) is 0 Å². The van der Waals surface area contributed by atoms with Gasteiger partial charge < -0.3 is 0 Å². The van der Waals surface area contributed by atoms with Gasteiger partial charge in [-0.25, -0.2) is 8.42 Å². The molecule has 0 aromatic heterocycles. The van der Waals surface area contributed by atoms with Crippen LogP contribution in [0.4, 0.5) is 0 Å². The van der Waals surface area contributed by atoms with E-state index in [1.807, 2.05) is 0 Å². The van der Waals surface area contributed by atoms with Crippen molar-refractivity contribution in [2.24, 2.45) is 0 Å². The average Bonchev–Trinajstić information content (AvgIpc) is 2.48. The average molecular weight is 363 g/mol. The predicted octanol–water partition coefficient (Wildman–Crippen LogP) is 3.27. The summed E-state index contributed by atoms with van der Waals surface area (Å²) in [6.07, 6.45) is 2.16. The number of benzene rings is 1. The van der Waals surface area contributed by atoms with Crippen molar-refractivity contribution in [2.75, 3.05) is 32.7 Å². The topological polar surface area (TPSA) is 40.6 Å². The third-order valence-electron chi connectivity index (χ3n) is 3.62. The van der Waals surface area contributed by atoms with Crippen molar-refractivity contribution in [2.45, 2.75) is 18.7 Å². The number of allylic oxidation sites excluding steroid dienone is 1. The molecular formula is C15H20Cl2N2O2S. The van der Waals surface area contributed by atoms with Crippen LogP contribution in [-0.4, -0.2) is 50.3 Å². The highest BCUT2D eigenvalue weighted by atomic mass is 35.5. The first-order chi connectivity index (χ1) is 10.3. The van der Waals surface area contributed by atoms with Gasteiger partial charge in [-0.3, -0.25) is 4.90 Å². The van der Waals surface area contributed by atoms with Crippen molar-refractivity contribution >= 4 is 33.2 Å². The van der Waals surface area contributed by atoms with Gasteiger partial charge in [-0.1, -0.05) is 34.9 Å². The Kier molecular flexibility index (Phi) is 5.91. The van der Waals surface area contributed by atoms with E-state index in [1.165, 1.54) is 28.1 Å². The molecule has 1 fully saturated rings. The normalized spacial score (nSPS) is 17.5. The van der Waals surface area contributed by atoms with Crippen LogP contribution in [0.5, 0.6) is 0 Å². The molecule has 22 heavy (non-hydrogen) atoms. The number of hydrogen-bond acceptors (Lipinski definition) is 3. The third kappa shape index (κ3) is 4.24. The van der Waals surface area contributed by atoms with Crippen molar-refractivity contribution in [1.82, 2.24) is 9.21 Å². The van der Waals surface area contributed by atoms with Gasteiger partial charge in [0.25, 0.3) is 0 Å². The molecule has 1 aromatic carbocycles. The van der Waals surface area contributed by atoms with Gasteiger partial charge in [0.05, 0.1) is 14.9 Å². The van der Waals surface area contributed by atoms with Gasteiger partial charge in [0, 0.05) is 32.7 Å². The van der Waals surface area contributed by atoms with Crippen molar-refractivity contribution in [3.05, 3.63) is 39.9 Å². The van der Waals surface area contributed by atoms with Crippen LogP contribution in [0, 0.1) is 0 Å². The molecule has 1 aliphatic rings. The Balaban J connectivity index is 2.06. The fraction of sp³-hybridized carbons (Fsp3) is 0.467. The zero-order valence-electron chi connectivity index (χ0n) is 12.7. The lowest BCUT2D eigenvalue weighted by molar-refractivity contribution is 0.204. The summed E-state index contributed by atoms with van der Waals surface area (Å²) in [6.45, 7) is 7.41. The van der Waals surface area contributed by atoms with Gasteiger partial charge in [-0.2, -0.15) is 4.31 Å². The second-order valence-corrected chi connectivity index (χ2v) is 8.31. The Hall–Kier alpha value is -0.590. The quantitative estimate of drug-likeness (QED) is 0.771. The minimum Gasteiger partial charge on any atom is -0.297 e. The van der Waals surface area contributed by atoms with E-state index in [9.17, 15) is 8.42 Å². The SMILES string of the molecule is CC(C)=CCN1CCN(S(=O)(=O)c2ccc(Cl)c(Cl)c2)CC1. The molecule has 0 amide bonds. The highest BCUT2D eigenvalue weighted by Gasteiger charge is 2.28. The number of nitrogens with zero attached hydrogens (tertiary/aromatic N) is 2. The number of piperazine rings is 1. The van der Waals surface area contributed by atoms with Crippen molar-refractivity contribution in [1.29, 1.82) is 0 Å². The maximum absolute atomic E-state index is 12.6. The summed E-state index contributed by atoms with van der Waals surface area (Å²) in [5, 5.41) is 0.608. The summed E-state index contributed by atoms with van der Waals surface area (Å²) in [7, 11) is -3.51. The fourth-order valence-electron chi connectivity index (χ4n) is 2.25. The van der Waals surface area contributed by atoms with Crippen LogP contribution in [-0.2, 0) is 10.0 Å². The van der Waals surface area contributed by atoms with E-state index >= 15 is 0 Å². The van der Waals surface area contributed by atoms with Crippen LogP contribution in [0.2, 0.25) is 10.0 Å². The van der Waals surface area contributed by atoms with Crippen molar-refractivity contribution < 1.29 is 8.42 Å². The van der Waals surface area contributed by atoms with Gasteiger partial charge >= 0.3 is 0 Å². The van der Waals surface area contributed by atoms with Crippen LogP contribution in [0.1, 0.15) is 13.8 Å². The molecule has 0 radical (unpaired) electrons. The molecule has 0 bridgehead atoms. The Labute approximate surface area is 142 Å². The highest BCUT2D eigenvalue weighted by Crippen LogP contribution is 2.26. The minimum absolute atomic E-state index is 0.194. The van der Waals surface area contributed by atoms with E-state index in [0.29, 0.717) is 18.1 Å². The largest absolute Gasteiger partial charge is 0.297 e. The van der Waals surface area contributed by atoms with Crippen LogP contribution < -0.4 is 0 Å². The maximum atomic E-state index is 12.6. The van der Waals surface area contributed by atoms with Crippen LogP contribution in [0.15, 0.2) is 34.7 Å². The smallest absolute Gasteiger partial charge is 0.243 e. The molecule has 0 atom stereocenters. The molecule has 7 heteroatoms. The predicted molar refractivity (Wildman–Crippen MR) is 91.1 cm³/mol. The van der Waals surface area contributed by atoms with Gasteiger partial charge in [-0.15, -0.1) is 0 Å². The first-order valence-electron chi connectivity index (χ1n) is 7.11. The van der Waals surface area contributed by atoms with E-state index in [-0.39, 0.29) is 9.92 Å². The zero-order valence-corrected chi connectivity index (χ0v) is 15.0. The van der Waals surface area contributed by atoms with E-state index in [0.717, 1.165) is 19.6 Å². The lowest BCUT2D eigenvalue weighted by Gasteiger charge is -2.33. The molecule has 122 valence electrons.